The average molecular weight is 533 g/mol. The van der Waals surface area contributed by atoms with Crippen molar-refractivity contribution in [3.63, 3.8) is 0 Å². The molecule has 0 bridgehead atoms. The molecular formula is C26H33Cl2F3N2O2. The minimum Gasteiger partial charge on any atom is -0.406 e. The summed E-state index contributed by atoms with van der Waals surface area (Å²) < 4.78 is 41.1. The van der Waals surface area contributed by atoms with E-state index >= 15 is 0 Å². The largest absolute Gasteiger partial charge is 0.573 e. The Kier molecular flexibility index (Phi) is 11.2. The molecule has 1 atom stereocenters. The van der Waals surface area contributed by atoms with Crippen LogP contribution < -0.4 is 10.1 Å². The van der Waals surface area contributed by atoms with Crippen molar-refractivity contribution in [2.24, 2.45) is 0 Å². The van der Waals surface area contributed by atoms with Gasteiger partial charge in [-0.15, -0.1) is 13.2 Å². The van der Waals surface area contributed by atoms with Gasteiger partial charge < -0.3 is 15.0 Å². The van der Waals surface area contributed by atoms with Gasteiger partial charge in [-0.1, -0.05) is 61.7 Å². The Bertz CT molecular complexity index is 955. The molecule has 0 saturated carbocycles. The van der Waals surface area contributed by atoms with Crippen LogP contribution in [0, 0.1) is 0 Å². The average Bonchev–Trinajstić information content (AvgIpc) is 2.80. The molecule has 0 radical (unpaired) electrons. The fraction of sp³-hybridized carbons (Fsp3) is 0.500. The van der Waals surface area contributed by atoms with Crippen molar-refractivity contribution < 1.29 is 22.7 Å². The standard InChI is InChI=1S/C26H33Cl2F3N2O2/c1-4-6-15-33(14-5-2)16-13-25(3,20-9-12-22(27)23(28)17-20)24(34)32-18-19-7-10-21(11-8-19)35-26(29,30)31/h7-12,17H,4-6,13-16,18H2,1-3H3,(H,32,34). The SMILES string of the molecule is CCCCN(CCC)CCC(C)(C(=O)NCc1ccc(OC(F)(F)F)cc1)c1ccc(Cl)c(Cl)c1. The highest BCUT2D eigenvalue weighted by Crippen LogP contribution is 2.33. The second-order valence-corrected chi connectivity index (χ2v) is 9.60. The summed E-state index contributed by atoms with van der Waals surface area (Å²) in [6.07, 6.45) is -0.978. The molecule has 35 heavy (non-hydrogen) atoms. The van der Waals surface area contributed by atoms with E-state index in [1.165, 1.54) is 24.3 Å². The number of benzene rings is 2. The van der Waals surface area contributed by atoms with Crippen molar-refractivity contribution >= 4 is 29.1 Å². The van der Waals surface area contributed by atoms with Crippen molar-refractivity contribution in [3.05, 3.63) is 63.6 Å². The summed E-state index contributed by atoms with van der Waals surface area (Å²) in [5, 5.41) is 3.73. The number of amides is 1. The van der Waals surface area contributed by atoms with Crippen LogP contribution in [0.3, 0.4) is 0 Å². The number of rotatable bonds is 13. The molecule has 0 heterocycles. The molecule has 0 aromatic heterocycles. The topological polar surface area (TPSA) is 41.6 Å². The molecule has 0 spiro atoms. The van der Waals surface area contributed by atoms with E-state index in [4.69, 9.17) is 23.2 Å². The first kappa shape index (κ1) is 29.3. The van der Waals surface area contributed by atoms with Gasteiger partial charge in [0.1, 0.15) is 5.75 Å². The van der Waals surface area contributed by atoms with Crippen LogP contribution in [-0.4, -0.2) is 36.8 Å². The molecule has 1 unspecified atom stereocenters. The fourth-order valence-corrected chi connectivity index (χ4v) is 4.13. The van der Waals surface area contributed by atoms with E-state index in [-0.39, 0.29) is 18.2 Å². The highest BCUT2D eigenvalue weighted by Gasteiger charge is 2.36. The molecule has 194 valence electrons. The number of carbonyl (C=O) groups is 1. The second-order valence-electron chi connectivity index (χ2n) is 8.78. The van der Waals surface area contributed by atoms with Crippen LogP contribution in [0.5, 0.6) is 5.75 Å². The first-order valence-corrected chi connectivity index (χ1v) is 12.5. The number of nitrogens with zero attached hydrogens (tertiary/aromatic N) is 1. The van der Waals surface area contributed by atoms with E-state index in [1.54, 1.807) is 12.1 Å². The third kappa shape index (κ3) is 9.21. The van der Waals surface area contributed by atoms with Crippen molar-refractivity contribution in [2.45, 2.75) is 64.8 Å². The van der Waals surface area contributed by atoms with Gasteiger partial charge in [-0.05, 0) is 81.2 Å². The van der Waals surface area contributed by atoms with Crippen molar-refractivity contribution in [1.29, 1.82) is 0 Å². The number of halogens is 5. The first-order chi connectivity index (χ1) is 16.5. The number of unbranched alkanes of at least 4 members (excludes halogenated alkanes) is 1. The maximum Gasteiger partial charge on any atom is 0.573 e. The maximum atomic E-state index is 13.5. The smallest absolute Gasteiger partial charge is 0.406 e. The van der Waals surface area contributed by atoms with Crippen LogP contribution >= 0.6 is 23.2 Å². The van der Waals surface area contributed by atoms with Gasteiger partial charge in [0.05, 0.1) is 15.5 Å². The van der Waals surface area contributed by atoms with E-state index in [2.05, 4.69) is 28.8 Å². The van der Waals surface area contributed by atoms with E-state index in [9.17, 15) is 18.0 Å². The van der Waals surface area contributed by atoms with Gasteiger partial charge in [0, 0.05) is 6.54 Å². The lowest BCUT2D eigenvalue weighted by Gasteiger charge is -2.32. The highest BCUT2D eigenvalue weighted by molar-refractivity contribution is 6.42. The molecule has 2 aromatic carbocycles. The summed E-state index contributed by atoms with van der Waals surface area (Å²) >= 11 is 12.4. The van der Waals surface area contributed by atoms with Gasteiger partial charge in [0.15, 0.2) is 0 Å². The third-order valence-corrected chi connectivity index (χ3v) is 6.70. The van der Waals surface area contributed by atoms with Gasteiger partial charge in [0.25, 0.3) is 0 Å². The van der Waals surface area contributed by atoms with Crippen LogP contribution in [0.25, 0.3) is 0 Å². The maximum absolute atomic E-state index is 13.5. The molecule has 0 aliphatic rings. The molecule has 0 saturated heterocycles. The summed E-state index contributed by atoms with van der Waals surface area (Å²) in [4.78, 5) is 15.9. The number of nitrogens with one attached hydrogen (secondary N) is 1. The number of carbonyl (C=O) groups excluding carboxylic acids is 1. The first-order valence-electron chi connectivity index (χ1n) is 11.8. The lowest BCUT2D eigenvalue weighted by Crippen LogP contribution is -2.44. The molecular weight excluding hydrogens is 500 g/mol. The van der Waals surface area contributed by atoms with Crippen LogP contribution in [-0.2, 0) is 16.8 Å². The quantitative estimate of drug-likeness (QED) is 0.292. The fourth-order valence-electron chi connectivity index (χ4n) is 3.83. The monoisotopic (exact) mass is 532 g/mol. The Morgan fingerprint density at radius 2 is 1.66 bits per heavy atom. The minimum absolute atomic E-state index is 0.163. The Hall–Kier alpha value is -1.96. The summed E-state index contributed by atoms with van der Waals surface area (Å²) in [5.41, 5.74) is 0.524. The number of hydrogen-bond donors (Lipinski definition) is 1. The summed E-state index contributed by atoms with van der Waals surface area (Å²) in [7, 11) is 0. The minimum atomic E-state index is -4.75. The Labute approximate surface area is 215 Å². The van der Waals surface area contributed by atoms with E-state index in [0.29, 0.717) is 22.0 Å². The molecule has 1 N–H and O–H groups in total. The zero-order valence-corrected chi connectivity index (χ0v) is 21.9. The Morgan fingerprint density at radius 3 is 2.23 bits per heavy atom. The van der Waals surface area contributed by atoms with Gasteiger partial charge in [-0.2, -0.15) is 0 Å². The molecule has 9 heteroatoms. The van der Waals surface area contributed by atoms with E-state index in [1.807, 2.05) is 13.0 Å². The molecule has 2 aromatic rings. The Morgan fingerprint density at radius 1 is 0.971 bits per heavy atom. The van der Waals surface area contributed by atoms with E-state index < -0.39 is 11.8 Å². The lowest BCUT2D eigenvalue weighted by molar-refractivity contribution is -0.274. The zero-order valence-electron chi connectivity index (χ0n) is 20.4. The van der Waals surface area contributed by atoms with Crippen LogP contribution in [0.15, 0.2) is 42.5 Å². The number of ether oxygens (including phenoxy) is 1. The van der Waals surface area contributed by atoms with Gasteiger partial charge in [0.2, 0.25) is 5.91 Å². The number of hydrogen-bond acceptors (Lipinski definition) is 3. The van der Waals surface area contributed by atoms with Gasteiger partial charge >= 0.3 is 6.36 Å². The summed E-state index contributed by atoms with van der Waals surface area (Å²) in [6.45, 7) is 8.99. The zero-order chi connectivity index (χ0) is 26.1. The predicted octanol–water partition coefficient (Wildman–Crippen LogP) is 7.37. The second kappa shape index (κ2) is 13.4. The molecule has 1 amide bonds. The molecule has 0 fully saturated rings. The molecule has 4 nitrogen and oxygen atoms in total. The highest BCUT2D eigenvalue weighted by atomic mass is 35.5. The van der Waals surface area contributed by atoms with Crippen molar-refractivity contribution in [2.75, 3.05) is 19.6 Å². The normalized spacial score (nSPS) is 13.5. The summed E-state index contributed by atoms with van der Waals surface area (Å²) in [6, 6.07) is 10.7. The van der Waals surface area contributed by atoms with Crippen LogP contribution in [0.4, 0.5) is 13.2 Å². The van der Waals surface area contributed by atoms with Gasteiger partial charge in [-0.25, -0.2) is 0 Å². The van der Waals surface area contributed by atoms with E-state index in [0.717, 1.165) is 44.5 Å². The number of alkyl halides is 3. The Balaban J connectivity index is 2.18. The van der Waals surface area contributed by atoms with Gasteiger partial charge in [-0.3, -0.25) is 4.79 Å². The van der Waals surface area contributed by atoms with Crippen LogP contribution in [0.1, 0.15) is 57.6 Å². The third-order valence-electron chi connectivity index (χ3n) is 5.96. The molecule has 0 aliphatic carbocycles. The lowest BCUT2D eigenvalue weighted by atomic mass is 9.78. The summed E-state index contributed by atoms with van der Waals surface area (Å²) in [5.74, 6) is -0.505. The predicted molar refractivity (Wildman–Crippen MR) is 135 cm³/mol. The molecule has 0 aliphatic heterocycles. The van der Waals surface area contributed by atoms with Crippen molar-refractivity contribution in [1.82, 2.24) is 10.2 Å². The van der Waals surface area contributed by atoms with Crippen molar-refractivity contribution in [3.8, 4) is 5.75 Å². The van der Waals surface area contributed by atoms with Crippen LogP contribution in [0.2, 0.25) is 10.0 Å². The molecule has 2 rings (SSSR count).